The molecule has 1 atom stereocenters. The van der Waals surface area contributed by atoms with Gasteiger partial charge in [0, 0.05) is 18.7 Å². The zero-order valence-corrected chi connectivity index (χ0v) is 13.9. The number of hydrogen-bond acceptors (Lipinski definition) is 5. The molecule has 6 nitrogen and oxygen atoms in total. The Morgan fingerprint density at radius 2 is 2.12 bits per heavy atom. The molecule has 1 N–H and O–H groups in total. The third-order valence-corrected chi connectivity index (χ3v) is 4.19. The van der Waals surface area contributed by atoms with E-state index < -0.39 is 0 Å². The minimum absolute atomic E-state index is 0.00000850. The molecule has 0 fully saturated rings. The highest BCUT2D eigenvalue weighted by molar-refractivity contribution is 6.06. The summed E-state index contributed by atoms with van der Waals surface area (Å²) in [5.41, 5.74) is 1.29. The molecule has 126 valence electrons. The Bertz CT molecular complexity index is 813. The van der Waals surface area contributed by atoms with E-state index in [9.17, 15) is 9.59 Å². The van der Waals surface area contributed by atoms with Crippen LogP contribution in [-0.2, 0) is 0 Å². The monoisotopic (exact) mass is 328 g/mol. The Morgan fingerprint density at radius 3 is 2.79 bits per heavy atom. The van der Waals surface area contributed by atoms with Crippen molar-refractivity contribution in [3.05, 3.63) is 52.6 Å². The molecule has 1 amide bonds. The molecule has 1 aliphatic heterocycles. The van der Waals surface area contributed by atoms with E-state index >= 15 is 0 Å². The predicted molar refractivity (Wildman–Crippen MR) is 91.9 cm³/mol. The van der Waals surface area contributed by atoms with E-state index in [-0.39, 0.29) is 28.9 Å². The van der Waals surface area contributed by atoms with Crippen molar-refractivity contribution in [2.45, 2.75) is 19.9 Å². The van der Waals surface area contributed by atoms with Gasteiger partial charge in [0.2, 0.25) is 11.2 Å². The predicted octanol–water partition coefficient (Wildman–Crippen LogP) is 2.75. The van der Waals surface area contributed by atoms with Gasteiger partial charge in [-0.25, -0.2) is 0 Å². The molecule has 0 saturated carbocycles. The zero-order valence-electron chi connectivity index (χ0n) is 13.9. The van der Waals surface area contributed by atoms with Crippen molar-refractivity contribution in [3.63, 3.8) is 0 Å². The van der Waals surface area contributed by atoms with Crippen molar-refractivity contribution in [2.75, 3.05) is 23.9 Å². The topological polar surface area (TPSA) is 71.8 Å². The van der Waals surface area contributed by atoms with Crippen LogP contribution in [0.15, 0.2) is 45.8 Å². The summed E-state index contributed by atoms with van der Waals surface area (Å²) in [5.74, 6) is 0.0817. The SMILES string of the molecule is COc1coc(C(=O)N2CC(C(C)C)Nc3ccccc32)cc1=O. The molecule has 0 aliphatic carbocycles. The van der Waals surface area contributed by atoms with E-state index in [0.717, 1.165) is 11.4 Å². The molecule has 1 aromatic heterocycles. The fourth-order valence-corrected chi connectivity index (χ4v) is 2.73. The van der Waals surface area contributed by atoms with E-state index in [1.807, 2.05) is 24.3 Å². The van der Waals surface area contributed by atoms with Gasteiger partial charge in [0.25, 0.3) is 5.91 Å². The highest BCUT2D eigenvalue weighted by atomic mass is 16.5. The van der Waals surface area contributed by atoms with Crippen LogP contribution in [0.1, 0.15) is 24.4 Å². The Hall–Kier alpha value is -2.76. The maximum Gasteiger partial charge on any atom is 0.294 e. The van der Waals surface area contributed by atoms with E-state index in [4.69, 9.17) is 9.15 Å². The van der Waals surface area contributed by atoms with Gasteiger partial charge in [-0.2, -0.15) is 0 Å². The summed E-state index contributed by atoms with van der Waals surface area (Å²) in [6.07, 6.45) is 1.17. The van der Waals surface area contributed by atoms with Crippen LogP contribution in [0, 0.1) is 5.92 Å². The number of carbonyl (C=O) groups excluding carboxylic acids is 1. The van der Waals surface area contributed by atoms with Crippen LogP contribution in [0.4, 0.5) is 11.4 Å². The van der Waals surface area contributed by atoms with Crippen molar-refractivity contribution in [2.24, 2.45) is 5.92 Å². The number of anilines is 2. The first-order valence-electron chi connectivity index (χ1n) is 7.85. The lowest BCUT2D eigenvalue weighted by Gasteiger charge is -2.37. The fourth-order valence-electron chi connectivity index (χ4n) is 2.73. The van der Waals surface area contributed by atoms with Gasteiger partial charge >= 0.3 is 0 Å². The third-order valence-electron chi connectivity index (χ3n) is 4.19. The molecule has 6 heteroatoms. The van der Waals surface area contributed by atoms with Crippen LogP contribution in [0.5, 0.6) is 5.75 Å². The van der Waals surface area contributed by atoms with Gasteiger partial charge in [-0.15, -0.1) is 0 Å². The number of nitrogens with one attached hydrogen (secondary N) is 1. The van der Waals surface area contributed by atoms with E-state index in [0.29, 0.717) is 12.5 Å². The summed E-state index contributed by atoms with van der Waals surface area (Å²) in [5, 5.41) is 3.46. The standard InChI is InChI=1S/C18H20N2O4/c1-11(2)13-9-20(14-7-5-4-6-12(14)19-13)18(22)16-8-15(21)17(23-3)10-24-16/h4-8,10-11,13,19H,9H2,1-3H3. The normalized spacial score (nSPS) is 16.5. The number of para-hydroxylation sites is 2. The van der Waals surface area contributed by atoms with Gasteiger partial charge in [-0.3, -0.25) is 9.59 Å². The second-order valence-corrected chi connectivity index (χ2v) is 6.10. The number of methoxy groups -OCH3 is 1. The number of benzene rings is 1. The molecule has 0 radical (unpaired) electrons. The molecular weight excluding hydrogens is 308 g/mol. The molecule has 1 aromatic carbocycles. The zero-order chi connectivity index (χ0) is 17.3. The summed E-state index contributed by atoms with van der Waals surface area (Å²) in [6.45, 7) is 4.70. The van der Waals surface area contributed by atoms with Crippen molar-refractivity contribution in [3.8, 4) is 5.75 Å². The van der Waals surface area contributed by atoms with Crippen LogP contribution in [0.2, 0.25) is 0 Å². The summed E-state index contributed by atoms with van der Waals surface area (Å²) in [4.78, 5) is 26.5. The smallest absolute Gasteiger partial charge is 0.294 e. The molecule has 2 aromatic rings. The Balaban J connectivity index is 1.99. The van der Waals surface area contributed by atoms with Gasteiger partial charge in [-0.1, -0.05) is 26.0 Å². The van der Waals surface area contributed by atoms with E-state index in [2.05, 4.69) is 19.2 Å². The fraction of sp³-hybridized carbons (Fsp3) is 0.333. The van der Waals surface area contributed by atoms with E-state index in [1.54, 1.807) is 4.90 Å². The lowest BCUT2D eigenvalue weighted by Crippen LogP contribution is -2.47. The molecule has 3 rings (SSSR count). The van der Waals surface area contributed by atoms with Gasteiger partial charge in [0.1, 0.15) is 6.26 Å². The molecule has 2 heterocycles. The minimum Gasteiger partial charge on any atom is -0.490 e. The second-order valence-electron chi connectivity index (χ2n) is 6.10. The number of carbonyl (C=O) groups is 1. The number of fused-ring (bicyclic) bond motifs is 1. The molecule has 24 heavy (non-hydrogen) atoms. The van der Waals surface area contributed by atoms with Crippen LogP contribution >= 0.6 is 0 Å². The minimum atomic E-state index is -0.379. The van der Waals surface area contributed by atoms with Gasteiger partial charge in [0.05, 0.1) is 18.5 Å². The summed E-state index contributed by atoms with van der Waals surface area (Å²) in [7, 11) is 1.38. The molecule has 1 unspecified atom stereocenters. The first kappa shape index (κ1) is 16.1. The van der Waals surface area contributed by atoms with Crippen LogP contribution in [-0.4, -0.2) is 25.6 Å². The average molecular weight is 328 g/mol. The number of amides is 1. The maximum atomic E-state index is 12.9. The molecule has 0 bridgehead atoms. The highest BCUT2D eigenvalue weighted by Crippen LogP contribution is 2.33. The summed E-state index contributed by atoms with van der Waals surface area (Å²) >= 11 is 0. The van der Waals surface area contributed by atoms with Crippen LogP contribution in [0.3, 0.4) is 0 Å². The van der Waals surface area contributed by atoms with Crippen molar-refractivity contribution in [1.29, 1.82) is 0 Å². The Labute approximate surface area is 140 Å². The van der Waals surface area contributed by atoms with Crippen molar-refractivity contribution >= 4 is 17.3 Å². The lowest BCUT2D eigenvalue weighted by atomic mass is 9.99. The third kappa shape index (κ3) is 2.87. The molecule has 1 aliphatic rings. The maximum absolute atomic E-state index is 12.9. The van der Waals surface area contributed by atoms with Gasteiger partial charge < -0.3 is 19.4 Å². The number of rotatable bonds is 3. The number of hydrogen-bond donors (Lipinski definition) is 1. The van der Waals surface area contributed by atoms with E-state index in [1.165, 1.54) is 19.4 Å². The molecule has 0 spiro atoms. The largest absolute Gasteiger partial charge is 0.490 e. The quantitative estimate of drug-likeness (QED) is 0.938. The average Bonchev–Trinajstić information content (AvgIpc) is 2.60. The Morgan fingerprint density at radius 1 is 1.38 bits per heavy atom. The van der Waals surface area contributed by atoms with Crippen molar-refractivity contribution < 1.29 is 13.9 Å². The van der Waals surface area contributed by atoms with Gasteiger partial charge in [0.15, 0.2) is 5.76 Å². The van der Waals surface area contributed by atoms with Crippen LogP contribution < -0.4 is 20.4 Å². The number of ether oxygens (including phenoxy) is 1. The van der Waals surface area contributed by atoms with Crippen molar-refractivity contribution in [1.82, 2.24) is 0 Å². The van der Waals surface area contributed by atoms with Crippen LogP contribution in [0.25, 0.3) is 0 Å². The van der Waals surface area contributed by atoms with Gasteiger partial charge in [-0.05, 0) is 18.1 Å². The second kappa shape index (κ2) is 6.39. The lowest BCUT2D eigenvalue weighted by molar-refractivity contribution is 0.0954. The first-order valence-corrected chi connectivity index (χ1v) is 7.85. The highest BCUT2D eigenvalue weighted by Gasteiger charge is 2.31. The first-order chi connectivity index (χ1) is 11.5. The molecule has 0 saturated heterocycles. The summed E-state index contributed by atoms with van der Waals surface area (Å²) in [6, 6.07) is 8.91. The Kier molecular flexibility index (Phi) is 4.29. The summed E-state index contributed by atoms with van der Waals surface area (Å²) < 4.78 is 10.2. The molecular formula is C18H20N2O4. The number of nitrogens with zero attached hydrogens (tertiary/aromatic N) is 1.